The Morgan fingerprint density at radius 1 is 1.38 bits per heavy atom. The number of hydrogen-bond donors (Lipinski definition) is 1. The summed E-state index contributed by atoms with van der Waals surface area (Å²) in [6, 6.07) is 7.07. The van der Waals surface area contributed by atoms with Gasteiger partial charge in [0.05, 0.1) is 0 Å². The van der Waals surface area contributed by atoms with Gasteiger partial charge in [-0.05, 0) is 43.0 Å². The van der Waals surface area contributed by atoms with E-state index in [4.69, 9.17) is 0 Å². The van der Waals surface area contributed by atoms with Crippen LogP contribution in [0.4, 0.5) is 5.69 Å². The zero-order chi connectivity index (χ0) is 9.42. The first-order valence-corrected chi connectivity index (χ1v) is 5.52. The molecule has 0 bridgehead atoms. The lowest BCUT2D eigenvalue weighted by Gasteiger charge is -2.29. The summed E-state index contributed by atoms with van der Waals surface area (Å²) in [6.45, 7) is 4.53. The summed E-state index contributed by atoms with van der Waals surface area (Å²) in [5.74, 6) is 0.670. The van der Waals surface area contributed by atoms with E-state index in [-0.39, 0.29) is 0 Å². The first-order valence-electron chi connectivity index (χ1n) is 4.73. The van der Waals surface area contributed by atoms with Gasteiger partial charge in [0.25, 0.3) is 0 Å². The maximum Gasteiger partial charge on any atom is 0.0378 e. The van der Waals surface area contributed by atoms with Crippen LogP contribution in [0.3, 0.4) is 0 Å². The molecule has 2 heteroatoms. The first-order chi connectivity index (χ1) is 6.16. The summed E-state index contributed by atoms with van der Waals surface area (Å²) in [4.78, 5) is 0. The second-order valence-corrected chi connectivity index (χ2v) is 4.83. The van der Waals surface area contributed by atoms with Gasteiger partial charge in [-0.1, -0.05) is 22.9 Å². The van der Waals surface area contributed by atoms with Crippen LogP contribution in [-0.4, -0.2) is 6.04 Å². The van der Waals surface area contributed by atoms with Crippen LogP contribution in [0.5, 0.6) is 0 Å². The first kappa shape index (κ1) is 9.07. The Bertz CT molecular complexity index is 322. The van der Waals surface area contributed by atoms with Crippen molar-refractivity contribution in [2.24, 2.45) is 0 Å². The molecule has 0 radical (unpaired) electrons. The lowest BCUT2D eigenvalue weighted by atomic mass is 9.89. The molecule has 1 aromatic rings. The minimum absolute atomic E-state index is 0.601. The summed E-state index contributed by atoms with van der Waals surface area (Å²) < 4.78 is 1.18. The van der Waals surface area contributed by atoms with E-state index in [0.29, 0.717) is 12.0 Å². The maximum atomic E-state index is 3.51. The van der Waals surface area contributed by atoms with Gasteiger partial charge in [-0.15, -0.1) is 0 Å². The third-order valence-corrected chi connectivity index (χ3v) is 3.15. The van der Waals surface area contributed by atoms with E-state index in [2.05, 4.69) is 53.3 Å². The Morgan fingerprint density at radius 2 is 2.15 bits per heavy atom. The van der Waals surface area contributed by atoms with Crippen LogP contribution >= 0.6 is 15.9 Å². The van der Waals surface area contributed by atoms with Crippen LogP contribution in [0, 0.1) is 0 Å². The molecule has 2 atom stereocenters. The van der Waals surface area contributed by atoms with Crippen molar-refractivity contribution in [2.45, 2.75) is 32.2 Å². The maximum absolute atomic E-state index is 3.51. The van der Waals surface area contributed by atoms with Gasteiger partial charge in [0, 0.05) is 16.2 Å². The molecule has 0 saturated heterocycles. The second-order valence-electron chi connectivity index (χ2n) is 3.91. The fourth-order valence-corrected chi connectivity index (χ4v) is 2.43. The van der Waals surface area contributed by atoms with Crippen molar-refractivity contribution in [1.29, 1.82) is 0 Å². The Balaban J connectivity index is 2.43. The smallest absolute Gasteiger partial charge is 0.0378 e. The third-order valence-electron chi connectivity index (χ3n) is 2.65. The van der Waals surface area contributed by atoms with Gasteiger partial charge >= 0.3 is 0 Å². The van der Waals surface area contributed by atoms with Crippen LogP contribution in [0.25, 0.3) is 0 Å². The molecule has 1 N–H and O–H groups in total. The Kier molecular flexibility index (Phi) is 2.33. The lowest BCUT2D eigenvalue weighted by Crippen LogP contribution is -2.23. The van der Waals surface area contributed by atoms with Gasteiger partial charge in [-0.3, -0.25) is 0 Å². The molecule has 1 heterocycles. The second kappa shape index (κ2) is 3.33. The number of anilines is 1. The van der Waals surface area contributed by atoms with Crippen molar-refractivity contribution in [2.75, 3.05) is 5.32 Å². The number of fused-ring (bicyclic) bond motifs is 1. The molecule has 0 aliphatic carbocycles. The summed E-state index contributed by atoms with van der Waals surface area (Å²) in [7, 11) is 0. The SMILES string of the molecule is CC1CC(C)c2cc(Br)ccc2N1. The van der Waals surface area contributed by atoms with Crippen LogP contribution in [0.2, 0.25) is 0 Å². The Hall–Kier alpha value is -0.500. The highest BCUT2D eigenvalue weighted by atomic mass is 79.9. The molecule has 2 unspecified atom stereocenters. The van der Waals surface area contributed by atoms with E-state index in [1.807, 2.05) is 0 Å². The topological polar surface area (TPSA) is 12.0 Å². The molecule has 0 spiro atoms. The minimum atomic E-state index is 0.601. The fraction of sp³-hybridized carbons (Fsp3) is 0.455. The van der Waals surface area contributed by atoms with Gasteiger partial charge in [0.1, 0.15) is 0 Å². The zero-order valence-electron chi connectivity index (χ0n) is 7.97. The van der Waals surface area contributed by atoms with E-state index >= 15 is 0 Å². The molecular weight excluding hydrogens is 226 g/mol. The van der Waals surface area contributed by atoms with Crippen LogP contribution in [0.1, 0.15) is 31.7 Å². The molecule has 1 aromatic carbocycles. The summed E-state index contributed by atoms with van der Waals surface area (Å²) in [6.07, 6.45) is 1.23. The van der Waals surface area contributed by atoms with Crippen molar-refractivity contribution in [3.63, 3.8) is 0 Å². The molecule has 1 aliphatic heterocycles. The molecule has 0 amide bonds. The number of rotatable bonds is 0. The molecule has 70 valence electrons. The molecule has 13 heavy (non-hydrogen) atoms. The molecular formula is C11H14BrN. The highest BCUT2D eigenvalue weighted by Gasteiger charge is 2.20. The zero-order valence-corrected chi connectivity index (χ0v) is 9.56. The van der Waals surface area contributed by atoms with Gasteiger partial charge < -0.3 is 5.32 Å². The average molecular weight is 240 g/mol. The van der Waals surface area contributed by atoms with E-state index < -0.39 is 0 Å². The van der Waals surface area contributed by atoms with Crippen molar-refractivity contribution < 1.29 is 0 Å². The number of benzene rings is 1. The predicted octanol–water partition coefficient (Wildman–Crippen LogP) is 3.76. The predicted molar refractivity (Wildman–Crippen MR) is 60.3 cm³/mol. The van der Waals surface area contributed by atoms with Crippen molar-refractivity contribution >= 4 is 21.6 Å². The normalized spacial score (nSPS) is 26.4. The number of halogens is 1. The highest BCUT2D eigenvalue weighted by Crippen LogP contribution is 2.35. The number of hydrogen-bond acceptors (Lipinski definition) is 1. The monoisotopic (exact) mass is 239 g/mol. The van der Waals surface area contributed by atoms with Crippen molar-refractivity contribution in [1.82, 2.24) is 0 Å². The molecule has 2 rings (SSSR count). The highest BCUT2D eigenvalue weighted by molar-refractivity contribution is 9.10. The van der Waals surface area contributed by atoms with Crippen LogP contribution in [0.15, 0.2) is 22.7 Å². The third kappa shape index (κ3) is 1.73. The summed E-state index contributed by atoms with van der Waals surface area (Å²) >= 11 is 3.51. The quantitative estimate of drug-likeness (QED) is 0.728. The van der Waals surface area contributed by atoms with Gasteiger partial charge in [-0.2, -0.15) is 0 Å². The molecule has 0 saturated carbocycles. The van der Waals surface area contributed by atoms with Gasteiger partial charge in [0.15, 0.2) is 0 Å². The van der Waals surface area contributed by atoms with Crippen molar-refractivity contribution in [3.8, 4) is 0 Å². The Morgan fingerprint density at radius 3 is 2.92 bits per heavy atom. The molecule has 0 fully saturated rings. The largest absolute Gasteiger partial charge is 0.382 e. The summed E-state index contributed by atoms with van der Waals surface area (Å²) in [5.41, 5.74) is 2.74. The number of nitrogens with one attached hydrogen (secondary N) is 1. The summed E-state index contributed by atoms with van der Waals surface area (Å²) in [5, 5.41) is 3.50. The van der Waals surface area contributed by atoms with Crippen LogP contribution < -0.4 is 5.32 Å². The fourth-order valence-electron chi connectivity index (χ4n) is 2.05. The average Bonchev–Trinajstić information content (AvgIpc) is 2.06. The van der Waals surface area contributed by atoms with Crippen LogP contribution in [-0.2, 0) is 0 Å². The van der Waals surface area contributed by atoms with E-state index in [1.54, 1.807) is 0 Å². The standard InChI is InChI=1S/C11H14BrN/c1-7-5-8(2)13-11-4-3-9(12)6-10(7)11/h3-4,6-8,13H,5H2,1-2H3. The van der Waals surface area contributed by atoms with Gasteiger partial charge in [-0.25, -0.2) is 0 Å². The molecule has 1 aliphatic rings. The van der Waals surface area contributed by atoms with Gasteiger partial charge in [0.2, 0.25) is 0 Å². The van der Waals surface area contributed by atoms with E-state index in [9.17, 15) is 0 Å². The molecule has 0 aromatic heterocycles. The minimum Gasteiger partial charge on any atom is -0.382 e. The Labute approximate surface area is 87.7 Å². The lowest BCUT2D eigenvalue weighted by molar-refractivity contribution is 0.590. The molecule has 1 nitrogen and oxygen atoms in total. The van der Waals surface area contributed by atoms with E-state index in [1.165, 1.54) is 22.1 Å². The van der Waals surface area contributed by atoms with E-state index in [0.717, 1.165) is 0 Å². The van der Waals surface area contributed by atoms with Crippen molar-refractivity contribution in [3.05, 3.63) is 28.2 Å².